The SMILES string of the molecule is CC1[C@@H](C#N)C(=O)NC(=O)[C@@H]1C#N. The fourth-order valence-corrected chi connectivity index (χ4v) is 1.30. The first-order valence-electron chi connectivity index (χ1n) is 3.75. The molecule has 0 bridgehead atoms. The van der Waals surface area contributed by atoms with E-state index < -0.39 is 29.6 Å². The van der Waals surface area contributed by atoms with Crippen molar-refractivity contribution in [2.24, 2.45) is 17.8 Å². The van der Waals surface area contributed by atoms with Gasteiger partial charge in [0.25, 0.3) is 0 Å². The van der Waals surface area contributed by atoms with E-state index in [1.807, 2.05) is 5.32 Å². The third-order valence-corrected chi connectivity index (χ3v) is 2.14. The highest BCUT2D eigenvalue weighted by molar-refractivity contribution is 6.02. The Morgan fingerprint density at radius 2 is 1.54 bits per heavy atom. The largest absolute Gasteiger partial charge is 0.294 e. The molecule has 1 heterocycles. The zero-order valence-corrected chi connectivity index (χ0v) is 6.94. The summed E-state index contributed by atoms with van der Waals surface area (Å²) in [6, 6.07) is 3.55. The van der Waals surface area contributed by atoms with Gasteiger partial charge < -0.3 is 0 Å². The summed E-state index contributed by atoms with van der Waals surface area (Å²) < 4.78 is 0. The van der Waals surface area contributed by atoms with Gasteiger partial charge in [-0.2, -0.15) is 10.5 Å². The Balaban J connectivity index is 2.97. The molecule has 66 valence electrons. The lowest BCUT2D eigenvalue weighted by Gasteiger charge is -2.25. The van der Waals surface area contributed by atoms with Crippen LogP contribution in [0, 0.1) is 40.4 Å². The predicted octanol–water partition coefficient (Wildman–Crippen LogP) is -0.442. The normalized spacial score (nSPS) is 28.8. The van der Waals surface area contributed by atoms with E-state index >= 15 is 0 Å². The van der Waals surface area contributed by atoms with E-state index in [0.29, 0.717) is 0 Å². The summed E-state index contributed by atoms with van der Waals surface area (Å²) in [6.07, 6.45) is 0. The van der Waals surface area contributed by atoms with Crippen molar-refractivity contribution in [2.75, 3.05) is 0 Å². The highest BCUT2D eigenvalue weighted by Gasteiger charge is 2.41. The molecule has 1 aliphatic rings. The minimum Gasteiger partial charge on any atom is -0.294 e. The van der Waals surface area contributed by atoms with Gasteiger partial charge in [-0.15, -0.1) is 0 Å². The van der Waals surface area contributed by atoms with Crippen molar-refractivity contribution in [3.63, 3.8) is 0 Å². The molecule has 0 aromatic rings. The molecule has 0 aromatic heterocycles. The van der Waals surface area contributed by atoms with E-state index in [1.54, 1.807) is 19.1 Å². The fourth-order valence-electron chi connectivity index (χ4n) is 1.30. The van der Waals surface area contributed by atoms with Crippen LogP contribution in [0.4, 0.5) is 0 Å². The molecule has 1 N–H and O–H groups in total. The summed E-state index contributed by atoms with van der Waals surface area (Å²) in [5.74, 6) is -3.54. The third-order valence-electron chi connectivity index (χ3n) is 2.14. The summed E-state index contributed by atoms with van der Waals surface area (Å²) in [4.78, 5) is 22.1. The number of nitrogens with one attached hydrogen (secondary N) is 1. The summed E-state index contributed by atoms with van der Waals surface area (Å²) in [7, 11) is 0. The van der Waals surface area contributed by atoms with Gasteiger partial charge in [0.1, 0.15) is 11.8 Å². The first-order valence-corrected chi connectivity index (χ1v) is 3.75. The molecular weight excluding hydrogens is 170 g/mol. The molecule has 13 heavy (non-hydrogen) atoms. The Hall–Kier alpha value is -1.88. The number of piperidine rings is 1. The average Bonchev–Trinajstić information content (AvgIpc) is 2.04. The van der Waals surface area contributed by atoms with Gasteiger partial charge in [0, 0.05) is 5.92 Å². The zero-order valence-electron chi connectivity index (χ0n) is 6.94. The summed E-state index contributed by atoms with van der Waals surface area (Å²) in [5.41, 5.74) is 0. The maximum atomic E-state index is 11.0. The first kappa shape index (κ1) is 9.21. The first-order chi connectivity index (χ1) is 6.11. The van der Waals surface area contributed by atoms with E-state index in [4.69, 9.17) is 10.5 Å². The van der Waals surface area contributed by atoms with Crippen LogP contribution in [0.25, 0.3) is 0 Å². The molecule has 2 amide bonds. The van der Waals surface area contributed by atoms with Gasteiger partial charge in [0.15, 0.2) is 0 Å². The van der Waals surface area contributed by atoms with Gasteiger partial charge in [-0.05, 0) is 0 Å². The Morgan fingerprint density at radius 1 is 1.15 bits per heavy atom. The number of hydrogen-bond donors (Lipinski definition) is 1. The number of amides is 2. The Bertz CT molecular complexity index is 304. The topological polar surface area (TPSA) is 93.8 Å². The minimum absolute atomic E-state index is 0.531. The van der Waals surface area contributed by atoms with Crippen molar-refractivity contribution in [3.8, 4) is 12.1 Å². The predicted molar refractivity (Wildman–Crippen MR) is 40.5 cm³/mol. The Kier molecular flexibility index (Phi) is 2.29. The van der Waals surface area contributed by atoms with Crippen LogP contribution < -0.4 is 5.32 Å². The van der Waals surface area contributed by atoms with Gasteiger partial charge in [0.2, 0.25) is 11.8 Å². The van der Waals surface area contributed by atoms with E-state index in [9.17, 15) is 9.59 Å². The number of nitriles is 2. The zero-order chi connectivity index (χ0) is 10.0. The molecule has 0 unspecified atom stereocenters. The highest BCUT2D eigenvalue weighted by atomic mass is 16.2. The summed E-state index contributed by atoms with van der Waals surface area (Å²) in [6.45, 7) is 1.55. The third kappa shape index (κ3) is 1.36. The van der Waals surface area contributed by atoms with Crippen molar-refractivity contribution in [1.82, 2.24) is 5.32 Å². The molecule has 2 atom stereocenters. The number of carbonyl (C=O) groups is 2. The Morgan fingerprint density at radius 3 is 1.85 bits per heavy atom. The Labute approximate surface area is 74.9 Å². The summed E-state index contributed by atoms with van der Waals surface area (Å²) >= 11 is 0. The van der Waals surface area contributed by atoms with Gasteiger partial charge in [-0.3, -0.25) is 14.9 Å². The molecule has 0 aliphatic carbocycles. The van der Waals surface area contributed by atoms with Crippen LogP contribution in [0.2, 0.25) is 0 Å². The molecule has 1 rings (SSSR count). The molecule has 5 nitrogen and oxygen atoms in total. The molecule has 5 heteroatoms. The number of imide groups is 1. The smallest absolute Gasteiger partial charge is 0.244 e. The van der Waals surface area contributed by atoms with Crippen LogP contribution in [0.15, 0.2) is 0 Å². The average molecular weight is 177 g/mol. The monoisotopic (exact) mass is 177 g/mol. The van der Waals surface area contributed by atoms with Gasteiger partial charge in [0.05, 0.1) is 12.1 Å². The lowest BCUT2D eigenvalue weighted by Crippen LogP contribution is -2.50. The molecule has 1 fully saturated rings. The molecule has 0 aromatic carbocycles. The molecule has 0 spiro atoms. The maximum Gasteiger partial charge on any atom is 0.244 e. The second-order valence-electron chi connectivity index (χ2n) is 2.93. The highest BCUT2D eigenvalue weighted by Crippen LogP contribution is 2.24. The standard InChI is InChI=1S/C8H7N3O2/c1-4-5(2-9)7(12)11-8(13)6(4)3-10/h4-6H,1H3,(H,11,12,13)/t5-,6-/m1/s1. The molecular formula is C8H7N3O2. The second-order valence-corrected chi connectivity index (χ2v) is 2.93. The second kappa shape index (κ2) is 3.24. The quantitative estimate of drug-likeness (QED) is 0.507. The number of nitrogens with zero attached hydrogens (tertiary/aromatic N) is 2. The number of rotatable bonds is 0. The molecule has 0 radical (unpaired) electrons. The maximum absolute atomic E-state index is 11.0. The van der Waals surface area contributed by atoms with Crippen molar-refractivity contribution >= 4 is 11.8 Å². The van der Waals surface area contributed by atoms with Crippen molar-refractivity contribution in [3.05, 3.63) is 0 Å². The van der Waals surface area contributed by atoms with E-state index in [0.717, 1.165) is 0 Å². The lowest BCUT2D eigenvalue weighted by atomic mass is 9.80. The van der Waals surface area contributed by atoms with Crippen LogP contribution in [-0.4, -0.2) is 11.8 Å². The van der Waals surface area contributed by atoms with Crippen molar-refractivity contribution < 1.29 is 9.59 Å². The molecule has 1 saturated heterocycles. The fraction of sp³-hybridized carbons (Fsp3) is 0.500. The van der Waals surface area contributed by atoms with Crippen molar-refractivity contribution in [2.45, 2.75) is 6.92 Å². The van der Waals surface area contributed by atoms with Crippen LogP contribution in [0.3, 0.4) is 0 Å². The van der Waals surface area contributed by atoms with E-state index in [1.165, 1.54) is 0 Å². The van der Waals surface area contributed by atoms with E-state index in [-0.39, 0.29) is 0 Å². The molecule has 0 saturated carbocycles. The molecule has 1 aliphatic heterocycles. The number of carbonyl (C=O) groups excluding carboxylic acids is 2. The summed E-state index contributed by atoms with van der Waals surface area (Å²) in [5, 5.41) is 19.2. The van der Waals surface area contributed by atoms with E-state index in [2.05, 4.69) is 0 Å². The van der Waals surface area contributed by atoms with Gasteiger partial charge in [-0.25, -0.2) is 0 Å². The van der Waals surface area contributed by atoms with Gasteiger partial charge in [-0.1, -0.05) is 6.92 Å². The lowest BCUT2D eigenvalue weighted by molar-refractivity contribution is -0.139. The van der Waals surface area contributed by atoms with Crippen LogP contribution in [-0.2, 0) is 9.59 Å². The van der Waals surface area contributed by atoms with Crippen LogP contribution in [0.5, 0.6) is 0 Å². The minimum atomic E-state index is -0.901. The number of hydrogen-bond acceptors (Lipinski definition) is 4. The van der Waals surface area contributed by atoms with Gasteiger partial charge >= 0.3 is 0 Å². The van der Waals surface area contributed by atoms with Crippen LogP contribution in [0.1, 0.15) is 6.92 Å². The van der Waals surface area contributed by atoms with Crippen molar-refractivity contribution in [1.29, 1.82) is 10.5 Å². The van der Waals surface area contributed by atoms with Crippen LogP contribution >= 0.6 is 0 Å².